The Morgan fingerprint density at radius 2 is 1.93 bits per heavy atom. The molecule has 10 heteroatoms. The van der Waals surface area contributed by atoms with E-state index in [1.165, 1.54) is 4.57 Å². The summed E-state index contributed by atoms with van der Waals surface area (Å²) in [6.07, 6.45) is 12.2. The second kappa shape index (κ2) is 14.8. The van der Waals surface area contributed by atoms with Crippen molar-refractivity contribution in [1.82, 2.24) is 14.1 Å². The van der Waals surface area contributed by atoms with Gasteiger partial charge in [-0.3, -0.25) is 9.56 Å². The van der Waals surface area contributed by atoms with Crippen molar-refractivity contribution < 1.29 is 5.11 Å². The van der Waals surface area contributed by atoms with Crippen molar-refractivity contribution in [3.8, 4) is 6.07 Å². The van der Waals surface area contributed by atoms with Gasteiger partial charge in [0, 0.05) is 17.8 Å². The Balaban J connectivity index is 2.24. The smallest absolute Gasteiger partial charge is 0.359 e. The molecule has 1 unspecified atom stereocenters. The minimum atomic E-state index is -0.800. The molecule has 1 aliphatic carbocycles. The molecule has 0 radical (unpaired) electrons. The lowest BCUT2D eigenvalue weighted by Crippen LogP contribution is -2.42. The first-order valence-corrected chi connectivity index (χ1v) is 14.6. The third-order valence-corrected chi connectivity index (χ3v) is 7.29. The highest BCUT2D eigenvalue weighted by Crippen LogP contribution is 2.23. The van der Waals surface area contributed by atoms with Crippen molar-refractivity contribution >= 4 is 23.0 Å². The molecule has 0 saturated heterocycles. The maximum absolute atomic E-state index is 14.1. The monoisotopic (exact) mass is 595 g/mol. The molecule has 44 heavy (non-hydrogen) atoms. The van der Waals surface area contributed by atoms with E-state index < -0.39 is 11.4 Å². The largest absolute Gasteiger partial charge is 0.506 e. The van der Waals surface area contributed by atoms with Gasteiger partial charge in [-0.15, -0.1) is 0 Å². The number of nitrogen functional groups attached to an aromatic ring is 1. The van der Waals surface area contributed by atoms with Crippen LogP contribution in [0.2, 0.25) is 0 Å². The maximum atomic E-state index is 14.1. The lowest BCUT2D eigenvalue weighted by molar-refractivity contribution is 0.424. The van der Waals surface area contributed by atoms with E-state index in [0.717, 1.165) is 34.1 Å². The SMILES string of the molecule is C/C=C1/C=C(Nc2nc(=O)n(C(/C=C(C)\C=C(/C)CC)=C/C)c(=O)n2Cc2cc(C#N)ccc2N)C(O)=C/C1=N/C(C)CC. The van der Waals surface area contributed by atoms with Crippen molar-refractivity contribution in [3.05, 3.63) is 115 Å². The normalized spacial score (nSPS) is 16.9. The topological polar surface area (TPSA) is 151 Å². The van der Waals surface area contributed by atoms with E-state index in [1.807, 2.05) is 46.8 Å². The number of aliphatic hydroxyl groups excluding tert-OH is 1. The summed E-state index contributed by atoms with van der Waals surface area (Å²) in [5.74, 6) is -0.223. The molecule has 0 fully saturated rings. The highest BCUT2D eigenvalue weighted by Gasteiger charge is 2.21. The predicted octanol–water partition coefficient (Wildman–Crippen LogP) is 6.01. The van der Waals surface area contributed by atoms with E-state index in [9.17, 15) is 20.0 Å². The molecule has 230 valence electrons. The van der Waals surface area contributed by atoms with Crippen molar-refractivity contribution in [2.45, 2.75) is 73.9 Å². The number of nitrogens with two attached hydrogens (primary N) is 1. The van der Waals surface area contributed by atoms with Gasteiger partial charge >= 0.3 is 11.4 Å². The zero-order chi connectivity index (χ0) is 32.6. The Morgan fingerprint density at radius 3 is 2.55 bits per heavy atom. The first-order chi connectivity index (χ1) is 20.9. The molecule has 1 aromatic carbocycles. The Kier molecular flexibility index (Phi) is 11.2. The van der Waals surface area contributed by atoms with Gasteiger partial charge in [0.1, 0.15) is 5.76 Å². The molecule has 1 atom stereocenters. The number of aliphatic imine (C=N–C) groups is 1. The van der Waals surface area contributed by atoms with E-state index in [0.29, 0.717) is 28.2 Å². The second-order valence-electron chi connectivity index (χ2n) is 10.6. The number of rotatable bonds is 10. The number of allylic oxidation sites excluding steroid dienone is 10. The van der Waals surface area contributed by atoms with Crippen LogP contribution in [0.25, 0.3) is 5.70 Å². The van der Waals surface area contributed by atoms with Gasteiger partial charge in [-0.1, -0.05) is 37.6 Å². The van der Waals surface area contributed by atoms with Crippen LogP contribution in [0.3, 0.4) is 0 Å². The molecule has 0 amide bonds. The lowest BCUT2D eigenvalue weighted by Gasteiger charge is -2.20. The molecule has 0 spiro atoms. The van der Waals surface area contributed by atoms with Gasteiger partial charge in [0.05, 0.1) is 35.3 Å². The first-order valence-electron chi connectivity index (χ1n) is 14.6. The third-order valence-electron chi connectivity index (χ3n) is 7.29. The number of nitriles is 1. The quantitative estimate of drug-likeness (QED) is 0.225. The van der Waals surface area contributed by atoms with Crippen LogP contribution in [0.1, 0.15) is 72.4 Å². The summed E-state index contributed by atoms with van der Waals surface area (Å²) in [5, 5.41) is 23.4. The minimum absolute atomic E-state index is 0.0564. The van der Waals surface area contributed by atoms with Gasteiger partial charge in [0.15, 0.2) is 0 Å². The number of hydrogen-bond donors (Lipinski definition) is 3. The van der Waals surface area contributed by atoms with Gasteiger partial charge in [0.25, 0.3) is 0 Å². The Bertz CT molecular complexity index is 1800. The number of nitrogens with one attached hydrogen (secondary N) is 1. The van der Waals surface area contributed by atoms with E-state index in [4.69, 9.17) is 5.73 Å². The molecule has 1 aliphatic rings. The van der Waals surface area contributed by atoms with Gasteiger partial charge in [-0.05, 0) is 94.5 Å². The van der Waals surface area contributed by atoms with Gasteiger partial charge in [-0.25, -0.2) is 14.2 Å². The zero-order valence-corrected chi connectivity index (χ0v) is 26.5. The molecule has 0 saturated carbocycles. The van der Waals surface area contributed by atoms with E-state index >= 15 is 0 Å². The second-order valence-corrected chi connectivity index (χ2v) is 10.6. The highest BCUT2D eigenvalue weighted by atomic mass is 16.3. The molecule has 10 nitrogen and oxygen atoms in total. The van der Waals surface area contributed by atoms with Crippen LogP contribution in [-0.4, -0.2) is 31.0 Å². The predicted molar refractivity (Wildman–Crippen MR) is 179 cm³/mol. The molecular weight excluding hydrogens is 554 g/mol. The molecular formula is C34H41N7O3. The third kappa shape index (κ3) is 7.81. The van der Waals surface area contributed by atoms with Crippen molar-refractivity contribution in [2.75, 3.05) is 11.1 Å². The summed E-state index contributed by atoms with van der Waals surface area (Å²) < 4.78 is 2.26. The number of hydrogen-bond acceptors (Lipinski definition) is 8. The number of nitrogens with zero attached hydrogens (tertiary/aromatic N) is 5. The van der Waals surface area contributed by atoms with Crippen LogP contribution in [-0.2, 0) is 6.54 Å². The van der Waals surface area contributed by atoms with Crippen molar-refractivity contribution in [1.29, 1.82) is 5.26 Å². The van der Waals surface area contributed by atoms with E-state index in [2.05, 4.69) is 28.3 Å². The van der Waals surface area contributed by atoms with Crippen molar-refractivity contribution in [2.24, 2.45) is 4.99 Å². The highest BCUT2D eigenvalue weighted by molar-refractivity contribution is 6.12. The van der Waals surface area contributed by atoms with Gasteiger partial charge in [-0.2, -0.15) is 10.2 Å². The number of aromatic nitrogens is 3. The number of anilines is 2. The molecule has 0 bridgehead atoms. The van der Waals surface area contributed by atoms with E-state index in [-0.39, 0.29) is 30.0 Å². The fourth-order valence-electron chi connectivity index (χ4n) is 4.46. The van der Waals surface area contributed by atoms with Crippen LogP contribution in [0.5, 0.6) is 0 Å². The average Bonchev–Trinajstić information content (AvgIpc) is 3.00. The Hall–Kier alpha value is -5.17. The fraction of sp³-hybridized carbons (Fsp3) is 0.324. The molecule has 1 aromatic heterocycles. The Morgan fingerprint density at radius 1 is 1.20 bits per heavy atom. The van der Waals surface area contributed by atoms with Gasteiger partial charge in [0.2, 0.25) is 5.95 Å². The number of benzene rings is 1. The fourth-order valence-corrected chi connectivity index (χ4v) is 4.46. The van der Waals surface area contributed by atoms with E-state index in [1.54, 1.807) is 49.4 Å². The standard InChI is InChI=1S/C34H41N7O3/c1-8-21(5)14-22(6)15-27(11-4)41-33(43)39-32(40(34(41)44)20-26-16-24(19-35)12-13-28(26)36)38-30-17-25(10-3)29(18-31(30)42)37-23(7)9-2/h10-18,23,42H,8-9,20,36H2,1-7H3,(H,38,39,43)/b21-14+,22-15-,25-10-,27-11+,37-29-. The minimum Gasteiger partial charge on any atom is -0.506 e. The van der Waals surface area contributed by atoms with Crippen LogP contribution in [0.4, 0.5) is 11.6 Å². The van der Waals surface area contributed by atoms with Crippen LogP contribution < -0.4 is 22.4 Å². The maximum Gasteiger partial charge on any atom is 0.359 e. The summed E-state index contributed by atoms with van der Waals surface area (Å²) in [4.78, 5) is 36.5. The summed E-state index contributed by atoms with van der Waals surface area (Å²) in [6.45, 7) is 13.5. The van der Waals surface area contributed by atoms with Crippen LogP contribution >= 0.6 is 0 Å². The summed E-state index contributed by atoms with van der Waals surface area (Å²) in [7, 11) is 0. The van der Waals surface area contributed by atoms with Crippen LogP contribution in [0.15, 0.2) is 97.4 Å². The lowest BCUT2D eigenvalue weighted by atomic mass is 10.0. The zero-order valence-electron chi connectivity index (χ0n) is 26.5. The summed E-state index contributed by atoms with van der Waals surface area (Å²) in [5.41, 5.74) is 9.96. The van der Waals surface area contributed by atoms with Crippen molar-refractivity contribution in [3.63, 3.8) is 0 Å². The Labute approximate surface area is 258 Å². The molecule has 4 N–H and O–H groups in total. The molecule has 2 aromatic rings. The molecule has 3 rings (SSSR count). The van der Waals surface area contributed by atoms with Crippen LogP contribution in [0, 0.1) is 11.3 Å². The first kappa shape index (κ1) is 33.3. The molecule has 1 heterocycles. The summed E-state index contributed by atoms with van der Waals surface area (Å²) in [6, 6.07) is 6.91. The number of aliphatic hydroxyl groups is 1. The average molecular weight is 596 g/mol. The van der Waals surface area contributed by atoms with Gasteiger partial charge < -0.3 is 16.2 Å². The molecule has 0 aliphatic heterocycles. The summed E-state index contributed by atoms with van der Waals surface area (Å²) >= 11 is 0.